The smallest absolute Gasteiger partial charge is 0.358 e. The molecule has 0 N–H and O–H groups in total. The number of rotatable bonds is 4. The van der Waals surface area contributed by atoms with Crippen molar-refractivity contribution in [2.24, 2.45) is 7.05 Å². The number of nitrogens with zero attached hydrogens (tertiary/aromatic N) is 2. The zero-order valence-corrected chi connectivity index (χ0v) is 11.8. The van der Waals surface area contributed by atoms with Crippen LogP contribution in [0.3, 0.4) is 0 Å². The van der Waals surface area contributed by atoms with Gasteiger partial charge in [-0.05, 0) is 18.2 Å². The van der Waals surface area contributed by atoms with Crippen LogP contribution in [0.25, 0.3) is 0 Å². The molecule has 2 aromatic rings. The van der Waals surface area contributed by atoms with Crippen LogP contribution in [-0.4, -0.2) is 35.9 Å². The zero-order valence-electron chi connectivity index (χ0n) is 11.8. The molecule has 7 nitrogen and oxygen atoms in total. The van der Waals surface area contributed by atoms with E-state index in [1.54, 1.807) is 31.3 Å². The average molecular weight is 290 g/mol. The first-order valence-electron chi connectivity index (χ1n) is 6.03. The van der Waals surface area contributed by atoms with Crippen molar-refractivity contribution in [1.29, 1.82) is 0 Å². The van der Waals surface area contributed by atoms with Crippen LogP contribution in [0.15, 0.2) is 30.3 Å². The Hall–Kier alpha value is -2.83. The van der Waals surface area contributed by atoms with E-state index >= 15 is 0 Å². The normalized spacial score (nSPS) is 10.0. The van der Waals surface area contributed by atoms with Crippen molar-refractivity contribution in [3.8, 4) is 11.6 Å². The van der Waals surface area contributed by atoms with Crippen molar-refractivity contribution in [3.63, 3.8) is 0 Å². The maximum Gasteiger partial charge on any atom is 0.358 e. The first-order chi connectivity index (χ1) is 10.0. The number of ether oxygens (including phenoxy) is 3. The van der Waals surface area contributed by atoms with Crippen LogP contribution >= 0.6 is 0 Å². The van der Waals surface area contributed by atoms with E-state index in [2.05, 4.69) is 9.84 Å². The van der Waals surface area contributed by atoms with E-state index in [9.17, 15) is 9.59 Å². The summed E-state index contributed by atoms with van der Waals surface area (Å²) in [5.74, 6) is -0.490. The lowest BCUT2D eigenvalue weighted by Gasteiger charge is -2.05. The first-order valence-corrected chi connectivity index (χ1v) is 6.03. The molecule has 0 aliphatic heterocycles. The van der Waals surface area contributed by atoms with Crippen molar-refractivity contribution in [2.75, 3.05) is 14.2 Å². The van der Waals surface area contributed by atoms with Gasteiger partial charge in [0, 0.05) is 13.1 Å². The SMILES string of the molecule is COC(=O)c1cc(OC(=O)c2cccc(OC)c2)n(C)n1. The minimum atomic E-state index is -0.603. The predicted molar refractivity (Wildman–Crippen MR) is 72.5 cm³/mol. The van der Waals surface area contributed by atoms with E-state index in [-0.39, 0.29) is 11.6 Å². The van der Waals surface area contributed by atoms with E-state index in [1.165, 1.54) is 25.0 Å². The molecule has 0 bridgehead atoms. The van der Waals surface area contributed by atoms with Crippen molar-refractivity contribution >= 4 is 11.9 Å². The van der Waals surface area contributed by atoms with Crippen LogP contribution in [0.4, 0.5) is 0 Å². The largest absolute Gasteiger partial charge is 0.497 e. The molecule has 0 aliphatic carbocycles. The summed E-state index contributed by atoms with van der Waals surface area (Å²) >= 11 is 0. The van der Waals surface area contributed by atoms with Gasteiger partial charge in [-0.25, -0.2) is 14.3 Å². The number of hydrogen-bond acceptors (Lipinski definition) is 6. The Labute approximate surface area is 121 Å². The van der Waals surface area contributed by atoms with Gasteiger partial charge in [0.25, 0.3) is 0 Å². The molecule has 1 heterocycles. The highest BCUT2D eigenvalue weighted by Gasteiger charge is 2.17. The molecule has 0 spiro atoms. The summed E-state index contributed by atoms with van der Waals surface area (Å²) in [5.41, 5.74) is 0.392. The molecule has 0 saturated carbocycles. The molecule has 1 aromatic carbocycles. The van der Waals surface area contributed by atoms with Crippen molar-refractivity contribution < 1.29 is 23.8 Å². The van der Waals surface area contributed by atoms with Crippen LogP contribution in [0, 0.1) is 0 Å². The highest BCUT2D eigenvalue weighted by atomic mass is 16.5. The molecular weight excluding hydrogens is 276 g/mol. The molecule has 0 aliphatic rings. The van der Waals surface area contributed by atoms with Gasteiger partial charge in [-0.3, -0.25) is 0 Å². The number of methoxy groups -OCH3 is 2. The standard InChI is InChI=1S/C14H14N2O5/c1-16-12(8-11(15-16)14(18)20-3)21-13(17)9-5-4-6-10(7-9)19-2/h4-8H,1-3H3. The fourth-order valence-electron chi connectivity index (χ4n) is 1.65. The summed E-state index contributed by atoms with van der Waals surface area (Å²) in [6, 6.07) is 7.89. The fourth-order valence-corrected chi connectivity index (χ4v) is 1.65. The Morgan fingerprint density at radius 2 is 1.90 bits per heavy atom. The summed E-state index contributed by atoms with van der Waals surface area (Å²) < 4.78 is 16.1. The fraction of sp³-hybridized carbons (Fsp3) is 0.214. The van der Waals surface area contributed by atoms with E-state index in [0.29, 0.717) is 11.3 Å². The third kappa shape index (κ3) is 3.19. The summed E-state index contributed by atoms with van der Waals surface area (Å²) in [7, 11) is 4.31. The van der Waals surface area contributed by atoms with Gasteiger partial charge in [0.2, 0.25) is 5.88 Å². The van der Waals surface area contributed by atoms with Gasteiger partial charge < -0.3 is 14.2 Å². The lowest BCUT2D eigenvalue weighted by molar-refractivity contribution is 0.0592. The highest BCUT2D eigenvalue weighted by Crippen LogP contribution is 2.17. The van der Waals surface area contributed by atoms with Crippen LogP contribution in [0.5, 0.6) is 11.6 Å². The summed E-state index contributed by atoms with van der Waals surface area (Å²) in [6.07, 6.45) is 0. The molecule has 7 heteroatoms. The molecule has 0 saturated heterocycles. The van der Waals surface area contributed by atoms with E-state index in [1.807, 2.05) is 0 Å². The van der Waals surface area contributed by atoms with Crippen molar-refractivity contribution in [3.05, 3.63) is 41.6 Å². The van der Waals surface area contributed by atoms with Gasteiger partial charge in [0.1, 0.15) is 5.75 Å². The van der Waals surface area contributed by atoms with Crippen LogP contribution in [0.1, 0.15) is 20.8 Å². The van der Waals surface area contributed by atoms with Crippen LogP contribution in [0.2, 0.25) is 0 Å². The Morgan fingerprint density at radius 3 is 2.57 bits per heavy atom. The molecule has 21 heavy (non-hydrogen) atoms. The number of hydrogen-bond donors (Lipinski definition) is 0. The second kappa shape index (κ2) is 6.08. The molecule has 1 aromatic heterocycles. The summed E-state index contributed by atoms with van der Waals surface area (Å²) in [6.45, 7) is 0. The maximum absolute atomic E-state index is 12.0. The number of aromatic nitrogens is 2. The minimum Gasteiger partial charge on any atom is -0.497 e. The quantitative estimate of drug-likeness (QED) is 0.793. The van der Waals surface area contributed by atoms with E-state index < -0.39 is 11.9 Å². The summed E-state index contributed by atoms with van der Waals surface area (Å²) in [4.78, 5) is 23.4. The van der Waals surface area contributed by atoms with E-state index in [4.69, 9.17) is 9.47 Å². The first kappa shape index (κ1) is 14.6. The molecule has 0 radical (unpaired) electrons. The second-order valence-electron chi connectivity index (χ2n) is 4.10. The molecule has 0 amide bonds. The van der Waals surface area contributed by atoms with Gasteiger partial charge in [-0.2, -0.15) is 5.10 Å². The monoisotopic (exact) mass is 290 g/mol. The number of carbonyl (C=O) groups is 2. The molecule has 110 valence electrons. The minimum absolute atomic E-state index is 0.0634. The third-order valence-corrected chi connectivity index (χ3v) is 2.73. The highest BCUT2D eigenvalue weighted by molar-refractivity contribution is 5.92. The van der Waals surface area contributed by atoms with E-state index in [0.717, 1.165) is 0 Å². The third-order valence-electron chi connectivity index (χ3n) is 2.73. The molecule has 2 rings (SSSR count). The van der Waals surface area contributed by atoms with Gasteiger partial charge in [0.05, 0.1) is 19.8 Å². The Kier molecular flexibility index (Phi) is 4.22. The van der Waals surface area contributed by atoms with Gasteiger partial charge in [0.15, 0.2) is 5.69 Å². The molecule has 0 fully saturated rings. The van der Waals surface area contributed by atoms with Crippen LogP contribution < -0.4 is 9.47 Å². The van der Waals surface area contributed by atoms with Crippen LogP contribution in [-0.2, 0) is 11.8 Å². The van der Waals surface area contributed by atoms with Gasteiger partial charge in [-0.15, -0.1) is 0 Å². The lowest BCUT2D eigenvalue weighted by Crippen LogP contribution is -2.11. The second-order valence-corrected chi connectivity index (χ2v) is 4.10. The lowest BCUT2D eigenvalue weighted by atomic mass is 10.2. The number of carbonyl (C=O) groups excluding carboxylic acids is 2. The van der Waals surface area contributed by atoms with Gasteiger partial charge in [-0.1, -0.05) is 6.07 Å². The number of esters is 2. The topological polar surface area (TPSA) is 79.6 Å². The van der Waals surface area contributed by atoms with Gasteiger partial charge >= 0.3 is 11.9 Å². The Bertz CT molecular complexity index is 678. The summed E-state index contributed by atoms with van der Waals surface area (Å²) in [5, 5.41) is 3.90. The van der Waals surface area contributed by atoms with Crippen molar-refractivity contribution in [1.82, 2.24) is 9.78 Å². The molecule has 0 unspecified atom stereocenters. The maximum atomic E-state index is 12.0. The number of aryl methyl sites for hydroxylation is 1. The number of benzene rings is 1. The Balaban J connectivity index is 2.19. The molecule has 0 atom stereocenters. The Morgan fingerprint density at radius 1 is 1.14 bits per heavy atom. The average Bonchev–Trinajstić information content (AvgIpc) is 2.87. The molecular formula is C14H14N2O5. The zero-order chi connectivity index (χ0) is 15.4. The van der Waals surface area contributed by atoms with Crippen molar-refractivity contribution in [2.45, 2.75) is 0 Å². The predicted octanol–water partition coefficient (Wildman–Crippen LogP) is 1.43.